The van der Waals surface area contributed by atoms with Crippen LogP contribution in [0, 0.1) is 5.92 Å². The van der Waals surface area contributed by atoms with Crippen molar-refractivity contribution in [1.29, 1.82) is 0 Å². The summed E-state index contributed by atoms with van der Waals surface area (Å²) in [5.74, 6) is 0.824. The van der Waals surface area contributed by atoms with E-state index in [9.17, 15) is 4.79 Å². The van der Waals surface area contributed by atoms with Gasteiger partial charge in [0, 0.05) is 6.04 Å². The summed E-state index contributed by atoms with van der Waals surface area (Å²) < 4.78 is 5.08. The second kappa shape index (κ2) is 7.29. The van der Waals surface area contributed by atoms with Crippen molar-refractivity contribution in [3.8, 4) is 0 Å². The van der Waals surface area contributed by atoms with E-state index in [2.05, 4.69) is 17.2 Å². The van der Waals surface area contributed by atoms with Crippen LogP contribution >= 0.6 is 0 Å². The van der Waals surface area contributed by atoms with E-state index in [-0.39, 0.29) is 12.0 Å². The Hall–Kier alpha value is -1.78. The van der Waals surface area contributed by atoms with Gasteiger partial charge in [-0.1, -0.05) is 19.3 Å². The lowest BCUT2D eigenvalue weighted by atomic mass is 9.84. The minimum Gasteiger partial charge on any atom is -0.462 e. The molecule has 1 aliphatic carbocycles. The van der Waals surface area contributed by atoms with Crippen LogP contribution in [0.1, 0.15) is 56.3 Å². The Kier molecular flexibility index (Phi) is 5.42. The first-order valence-corrected chi connectivity index (χ1v) is 7.81. The van der Waals surface area contributed by atoms with Crippen LogP contribution in [0.15, 0.2) is 12.3 Å². The van der Waals surface area contributed by atoms with Gasteiger partial charge in [-0.05, 0) is 38.7 Å². The lowest BCUT2D eigenvalue weighted by molar-refractivity contribution is 0.0527. The molecule has 21 heavy (non-hydrogen) atoms. The summed E-state index contributed by atoms with van der Waals surface area (Å²) >= 11 is 0. The van der Waals surface area contributed by atoms with E-state index in [1.807, 2.05) is 0 Å². The quantitative estimate of drug-likeness (QED) is 0.814. The summed E-state index contributed by atoms with van der Waals surface area (Å²) in [6, 6.07) is 1.91. The first-order valence-electron chi connectivity index (χ1n) is 7.81. The number of carbonyl (C=O) groups excluding carboxylic acids is 1. The zero-order valence-corrected chi connectivity index (χ0v) is 12.9. The number of ether oxygens (including phenoxy) is 1. The molecule has 1 aliphatic rings. The Morgan fingerprint density at radius 1 is 1.48 bits per heavy atom. The maximum atomic E-state index is 12.0. The van der Waals surface area contributed by atoms with Crippen molar-refractivity contribution in [3.63, 3.8) is 0 Å². The molecule has 1 heterocycles. The van der Waals surface area contributed by atoms with Gasteiger partial charge in [-0.3, -0.25) is 0 Å². The zero-order chi connectivity index (χ0) is 15.2. The number of anilines is 2. The van der Waals surface area contributed by atoms with Gasteiger partial charge in [0.15, 0.2) is 0 Å². The summed E-state index contributed by atoms with van der Waals surface area (Å²) in [4.78, 5) is 16.3. The molecule has 1 unspecified atom stereocenters. The lowest BCUT2D eigenvalue weighted by Crippen LogP contribution is -2.29. The summed E-state index contributed by atoms with van der Waals surface area (Å²) in [6.45, 7) is 4.28. The van der Waals surface area contributed by atoms with Gasteiger partial charge in [0.2, 0.25) is 0 Å². The van der Waals surface area contributed by atoms with E-state index < -0.39 is 0 Å². The van der Waals surface area contributed by atoms with Crippen LogP contribution in [0.3, 0.4) is 0 Å². The van der Waals surface area contributed by atoms with Gasteiger partial charge >= 0.3 is 5.97 Å². The number of hydrogen-bond acceptors (Lipinski definition) is 5. The van der Waals surface area contributed by atoms with Gasteiger partial charge < -0.3 is 15.8 Å². The van der Waals surface area contributed by atoms with E-state index in [4.69, 9.17) is 10.5 Å². The number of carbonyl (C=O) groups is 1. The van der Waals surface area contributed by atoms with Gasteiger partial charge in [0.1, 0.15) is 11.4 Å². The third-order valence-electron chi connectivity index (χ3n) is 4.13. The smallest absolute Gasteiger partial charge is 0.341 e. The third-order valence-corrected chi connectivity index (χ3v) is 4.13. The number of nitrogen functional groups attached to an aromatic ring is 1. The maximum absolute atomic E-state index is 12.0. The van der Waals surface area contributed by atoms with Gasteiger partial charge in [-0.15, -0.1) is 0 Å². The fraction of sp³-hybridized carbons (Fsp3) is 0.625. The van der Waals surface area contributed by atoms with Crippen molar-refractivity contribution in [2.24, 2.45) is 5.92 Å². The molecule has 0 spiro atoms. The molecule has 0 amide bonds. The zero-order valence-electron chi connectivity index (χ0n) is 12.9. The van der Waals surface area contributed by atoms with E-state index in [0.717, 1.165) is 0 Å². The highest BCUT2D eigenvalue weighted by Gasteiger charge is 2.22. The summed E-state index contributed by atoms with van der Waals surface area (Å²) in [6.07, 6.45) is 7.94. The van der Waals surface area contributed by atoms with Crippen molar-refractivity contribution < 1.29 is 9.53 Å². The molecule has 1 fully saturated rings. The Bertz CT molecular complexity index is 484. The van der Waals surface area contributed by atoms with Crippen molar-refractivity contribution in [2.75, 3.05) is 17.7 Å². The highest BCUT2D eigenvalue weighted by molar-refractivity contribution is 5.95. The van der Waals surface area contributed by atoms with E-state index >= 15 is 0 Å². The molecule has 0 bridgehead atoms. The number of nitrogens with one attached hydrogen (secondary N) is 1. The van der Waals surface area contributed by atoms with E-state index in [1.165, 1.54) is 32.1 Å². The van der Waals surface area contributed by atoms with Crippen molar-refractivity contribution in [3.05, 3.63) is 17.8 Å². The molecule has 1 atom stereocenters. The number of rotatable bonds is 5. The monoisotopic (exact) mass is 291 g/mol. The molecule has 1 saturated carbocycles. The molecule has 0 radical (unpaired) electrons. The molecule has 5 nitrogen and oxygen atoms in total. The van der Waals surface area contributed by atoms with Gasteiger partial charge in [0.05, 0.1) is 18.5 Å². The highest BCUT2D eigenvalue weighted by atomic mass is 16.5. The molecule has 0 saturated heterocycles. The fourth-order valence-corrected chi connectivity index (χ4v) is 2.93. The molecular formula is C16H25N3O2. The maximum Gasteiger partial charge on any atom is 0.341 e. The SMILES string of the molecule is CCOC(=O)c1cc(N)cnc1NC(C)C1CCCCC1. The van der Waals surface area contributed by atoms with Crippen LogP contribution in [0.5, 0.6) is 0 Å². The fourth-order valence-electron chi connectivity index (χ4n) is 2.93. The van der Waals surface area contributed by atoms with Crippen LogP contribution in [-0.4, -0.2) is 23.6 Å². The van der Waals surface area contributed by atoms with E-state index in [1.54, 1.807) is 19.2 Å². The predicted molar refractivity (Wildman–Crippen MR) is 84.3 cm³/mol. The first-order chi connectivity index (χ1) is 10.1. The molecule has 1 aromatic heterocycles. The van der Waals surface area contributed by atoms with E-state index in [0.29, 0.717) is 29.6 Å². The summed E-state index contributed by atoms with van der Waals surface area (Å²) in [7, 11) is 0. The number of pyridine rings is 1. The Morgan fingerprint density at radius 2 is 2.19 bits per heavy atom. The van der Waals surface area contributed by atoms with Crippen LogP contribution in [-0.2, 0) is 4.74 Å². The first kappa shape index (κ1) is 15.6. The molecule has 2 rings (SSSR count). The average molecular weight is 291 g/mol. The molecule has 0 aromatic carbocycles. The summed E-state index contributed by atoms with van der Waals surface area (Å²) in [5.41, 5.74) is 6.62. The predicted octanol–water partition coefficient (Wildman–Crippen LogP) is 3.22. The number of nitrogens with zero attached hydrogens (tertiary/aromatic N) is 1. The minimum atomic E-state index is -0.379. The van der Waals surface area contributed by atoms with Crippen molar-refractivity contribution in [2.45, 2.75) is 52.0 Å². The lowest BCUT2D eigenvalue weighted by Gasteiger charge is -2.29. The van der Waals surface area contributed by atoms with Gasteiger partial charge in [0.25, 0.3) is 0 Å². The van der Waals surface area contributed by atoms with Crippen LogP contribution in [0.4, 0.5) is 11.5 Å². The second-order valence-corrected chi connectivity index (χ2v) is 5.72. The van der Waals surface area contributed by atoms with Crippen molar-refractivity contribution in [1.82, 2.24) is 4.98 Å². The third kappa shape index (κ3) is 4.09. The van der Waals surface area contributed by atoms with Crippen LogP contribution < -0.4 is 11.1 Å². The molecular weight excluding hydrogens is 266 g/mol. The summed E-state index contributed by atoms with van der Waals surface area (Å²) in [5, 5.41) is 3.38. The second-order valence-electron chi connectivity index (χ2n) is 5.72. The Morgan fingerprint density at radius 3 is 2.86 bits per heavy atom. The van der Waals surface area contributed by atoms with Gasteiger partial charge in [-0.2, -0.15) is 0 Å². The van der Waals surface area contributed by atoms with Crippen LogP contribution in [0.25, 0.3) is 0 Å². The topological polar surface area (TPSA) is 77.2 Å². The Labute approximate surface area is 126 Å². The molecule has 3 N–H and O–H groups in total. The standard InChI is InChI=1S/C16H25N3O2/c1-3-21-16(20)14-9-13(17)10-18-15(14)19-11(2)12-7-5-4-6-8-12/h9-12H,3-8,17H2,1-2H3,(H,18,19). The van der Waals surface area contributed by atoms with Crippen molar-refractivity contribution >= 4 is 17.5 Å². The number of nitrogens with two attached hydrogens (primary N) is 1. The largest absolute Gasteiger partial charge is 0.462 e. The highest BCUT2D eigenvalue weighted by Crippen LogP contribution is 2.28. The van der Waals surface area contributed by atoms with Crippen LogP contribution in [0.2, 0.25) is 0 Å². The average Bonchev–Trinajstić information content (AvgIpc) is 2.50. The number of aromatic nitrogens is 1. The molecule has 1 aromatic rings. The number of esters is 1. The normalized spacial score (nSPS) is 17.2. The Balaban J connectivity index is 2.12. The van der Waals surface area contributed by atoms with Gasteiger partial charge in [-0.25, -0.2) is 9.78 Å². The molecule has 5 heteroatoms. The molecule has 0 aliphatic heterocycles. The molecule has 116 valence electrons. The minimum absolute atomic E-state index is 0.287. The number of hydrogen-bond donors (Lipinski definition) is 2.